The van der Waals surface area contributed by atoms with E-state index in [2.05, 4.69) is 17.1 Å². The molecule has 4 nitrogen and oxygen atoms in total. The predicted octanol–water partition coefficient (Wildman–Crippen LogP) is 0.962. The van der Waals surface area contributed by atoms with Crippen molar-refractivity contribution in [2.75, 3.05) is 0 Å². The van der Waals surface area contributed by atoms with Gasteiger partial charge in [-0.05, 0) is 18.8 Å². The maximum absolute atomic E-state index is 6.04. The molecule has 0 unspecified atom stereocenters. The molecule has 2 rings (SSSR count). The Hall–Kier alpha value is -0.900. The van der Waals surface area contributed by atoms with Gasteiger partial charge in [0.05, 0.1) is 5.54 Å². The standard InChI is InChI=1S/C8H13N3O/c1-5-3-8(9,4-5)7-10-6(2)12-11-7/h5H,3-4,9H2,1-2H3. The lowest BCUT2D eigenvalue weighted by Gasteiger charge is -2.40. The largest absolute Gasteiger partial charge is 0.340 e. The Morgan fingerprint density at radius 2 is 2.25 bits per heavy atom. The van der Waals surface area contributed by atoms with E-state index in [-0.39, 0.29) is 5.54 Å². The van der Waals surface area contributed by atoms with Crippen molar-refractivity contribution in [3.05, 3.63) is 11.7 Å². The number of hydrogen-bond donors (Lipinski definition) is 1. The number of nitrogens with two attached hydrogens (primary N) is 1. The number of aromatic nitrogens is 2. The molecule has 1 aliphatic carbocycles. The molecule has 0 saturated heterocycles. The van der Waals surface area contributed by atoms with Crippen molar-refractivity contribution >= 4 is 0 Å². The molecule has 1 heterocycles. The SMILES string of the molecule is Cc1nc(C2(N)CC(C)C2)no1. The molecule has 1 aliphatic rings. The summed E-state index contributed by atoms with van der Waals surface area (Å²) in [6.07, 6.45) is 1.93. The average molecular weight is 167 g/mol. The molecule has 2 N–H and O–H groups in total. The first-order chi connectivity index (χ1) is 5.60. The molecule has 0 bridgehead atoms. The molecular formula is C8H13N3O. The minimum atomic E-state index is -0.308. The van der Waals surface area contributed by atoms with Crippen LogP contribution in [-0.2, 0) is 5.54 Å². The van der Waals surface area contributed by atoms with Gasteiger partial charge in [-0.1, -0.05) is 12.1 Å². The molecule has 1 aromatic rings. The molecular weight excluding hydrogens is 154 g/mol. The number of rotatable bonds is 1. The molecule has 12 heavy (non-hydrogen) atoms. The van der Waals surface area contributed by atoms with Crippen molar-refractivity contribution in [2.45, 2.75) is 32.2 Å². The highest BCUT2D eigenvalue weighted by atomic mass is 16.5. The number of nitrogens with zero attached hydrogens (tertiary/aromatic N) is 2. The normalized spacial score (nSPS) is 34.8. The summed E-state index contributed by atoms with van der Waals surface area (Å²) in [5.74, 6) is 1.95. The Bertz CT molecular complexity index is 288. The third-order valence-electron chi connectivity index (χ3n) is 2.40. The van der Waals surface area contributed by atoms with Crippen molar-refractivity contribution in [2.24, 2.45) is 11.7 Å². The van der Waals surface area contributed by atoms with Crippen LogP contribution in [0, 0.1) is 12.8 Å². The fourth-order valence-electron chi connectivity index (χ4n) is 1.87. The summed E-state index contributed by atoms with van der Waals surface area (Å²) in [4.78, 5) is 4.14. The summed E-state index contributed by atoms with van der Waals surface area (Å²) in [5.41, 5.74) is 5.73. The molecule has 0 amide bonds. The summed E-state index contributed by atoms with van der Waals surface area (Å²) in [5, 5.41) is 3.83. The molecule has 0 spiro atoms. The molecule has 0 atom stereocenters. The second kappa shape index (κ2) is 2.29. The van der Waals surface area contributed by atoms with Crippen LogP contribution in [0.1, 0.15) is 31.5 Å². The van der Waals surface area contributed by atoms with Gasteiger partial charge in [-0.2, -0.15) is 4.98 Å². The molecule has 0 aliphatic heterocycles. The van der Waals surface area contributed by atoms with Crippen LogP contribution in [0.15, 0.2) is 4.52 Å². The van der Waals surface area contributed by atoms with E-state index in [1.54, 1.807) is 6.92 Å². The van der Waals surface area contributed by atoms with Gasteiger partial charge in [-0.15, -0.1) is 0 Å². The zero-order valence-corrected chi connectivity index (χ0v) is 7.37. The second-order valence-electron chi connectivity index (χ2n) is 3.81. The Balaban J connectivity index is 2.20. The van der Waals surface area contributed by atoms with Crippen molar-refractivity contribution in [3.8, 4) is 0 Å². The lowest BCUT2D eigenvalue weighted by molar-refractivity contribution is 0.149. The highest BCUT2D eigenvalue weighted by Gasteiger charge is 2.43. The Morgan fingerprint density at radius 1 is 1.58 bits per heavy atom. The van der Waals surface area contributed by atoms with Crippen LogP contribution in [0.5, 0.6) is 0 Å². The van der Waals surface area contributed by atoms with Crippen molar-refractivity contribution in [1.82, 2.24) is 10.1 Å². The topological polar surface area (TPSA) is 64.9 Å². The van der Waals surface area contributed by atoms with E-state index in [4.69, 9.17) is 10.3 Å². The third kappa shape index (κ3) is 1.03. The molecule has 0 aromatic carbocycles. The van der Waals surface area contributed by atoms with Gasteiger partial charge >= 0.3 is 0 Å². The maximum atomic E-state index is 6.04. The minimum absolute atomic E-state index is 0.308. The van der Waals surface area contributed by atoms with Gasteiger partial charge in [0, 0.05) is 6.92 Å². The lowest BCUT2D eigenvalue weighted by Crippen LogP contribution is -2.48. The van der Waals surface area contributed by atoms with E-state index in [0.717, 1.165) is 12.8 Å². The number of aryl methyl sites for hydroxylation is 1. The molecule has 1 aromatic heterocycles. The highest BCUT2D eigenvalue weighted by Crippen LogP contribution is 2.41. The Labute approximate surface area is 71.1 Å². The van der Waals surface area contributed by atoms with Crippen LogP contribution >= 0.6 is 0 Å². The molecule has 1 saturated carbocycles. The van der Waals surface area contributed by atoms with Crippen LogP contribution < -0.4 is 5.73 Å². The zero-order chi connectivity index (χ0) is 8.77. The maximum Gasteiger partial charge on any atom is 0.223 e. The van der Waals surface area contributed by atoms with Crippen LogP contribution in [0.25, 0.3) is 0 Å². The van der Waals surface area contributed by atoms with Gasteiger partial charge in [-0.25, -0.2) is 0 Å². The Morgan fingerprint density at radius 3 is 2.67 bits per heavy atom. The summed E-state index contributed by atoms with van der Waals surface area (Å²) >= 11 is 0. The monoisotopic (exact) mass is 167 g/mol. The summed E-state index contributed by atoms with van der Waals surface area (Å²) in [7, 11) is 0. The lowest BCUT2D eigenvalue weighted by atomic mass is 9.69. The van der Waals surface area contributed by atoms with Gasteiger partial charge < -0.3 is 10.3 Å². The quantitative estimate of drug-likeness (QED) is 0.676. The Kier molecular flexibility index (Phi) is 1.48. The molecule has 4 heteroatoms. The fourth-order valence-corrected chi connectivity index (χ4v) is 1.87. The van der Waals surface area contributed by atoms with E-state index >= 15 is 0 Å². The van der Waals surface area contributed by atoms with E-state index in [1.807, 2.05) is 0 Å². The van der Waals surface area contributed by atoms with Gasteiger partial charge in [-0.3, -0.25) is 0 Å². The first-order valence-electron chi connectivity index (χ1n) is 4.20. The second-order valence-corrected chi connectivity index (χ2v) is 3.81. The van der Waals surface area contributed by atoms with E-state index in [1.165, 1.54) is 0 Å². The summed E-state index contributed by atoms with van der Waals surface area (Å²) in [6.45, 7) is 3.96. The summed E-state index contributed by atoms with van der Waals surface area (Å²) < 4.78 is 4.88. The first kappa shape index (κ1) is 7.73. The van der Waals surface area contributed by atoms with Crippen LogP contribution in [-0.4, -0.2) is 10.1 Å². The van der Waals surface area contributed by atoms with Crippen LogP contribution in [0.3, 0.4) is 0 Å². The zero-order valence-electron chi connectivity index (χ0n) is 7.37. The predicted molar refractivity (Wildman–Crippen MR) is 43.3 cm³/mol. The van der Waals surface area contributed by atoms with E-state index in [0.29, 0.717) is 17.6 Å². The summed E-state index contributed by atoms with van der Waals surface area (Å²) in [6, 6.07) is 0. The molecule has 1 fully saturated rings. The van der Waals surface area contributed by atoms with Crippen molar-refractivity contribution < 1.29 is 4.52 Å². The third-order valence-corrected chi connectivity index (χ3v) is 2.40. The van der Waals surface area contributed by atoms with Gasteiger partial charge in [0.1, 0.15) is 0 Å². The van der Waals surface area contributed by atoms with Gasteiger partial charge in [0.15, 0.2) is 5.82 Å². The van der Waals surface area contributed by atoms with Crippen molar-refractivity contribution in [3.63, 3.8) is 0 Å². The van der Waals surface area contributed by atoms with Crippen LogP contribution in [0.4, 0.5) is 0 Å². The fraction of sp³-hybridized carbons (Fsp3) is 0.750. The van der Waals surface area contributed by atoms with E-state index in [9.17, 15) is 0 Å². The van der Waals surface area contributed by atoms with Gasteiger partial charge in [0.25, 0.3) is 0 Å². The number of hydrogen-bond acceptors (Lipinski definition) is 4. The van der Waals surface area contributed by atoms with Gasteiger partial charge in [0.2, 0.25) is 5.89 Å². The molecule has 66 valence electrons. The molecule has 0 radical (unpaired) electrons. The first-order valence-corrected chi connectivity index (χ1v) is 4.20. The minimum Gasteiger partial charge on any atom is -0.340 e. The van der Waals surface area contributed by atoms with E-state index < -0.39 is 0 Å². The van der Waals surface area contributed by atoms with Crippen LogP contribution in [0.2, 0.25) is 0 Å². The smallest absolute Gasteiger partial charge is 0.223 e. The average Bonchev–Trinajstić information content (AvgIpc) is 2.33. The van der Waals surface area contributed by atoms with Crippen molar-refractivity contribution in [1.29, 1.82) is 0 Å². The highest BCUT2D eigenvalue weighted by molar-refractivity contribution is 5.10.